The number of likely N-dealkylation sites (N-methyl/N-ethyl adjacent to an activating group) is 1. The summed E-state index contributed by atoms with van der Waals surface area (Å²) in [5.41, 5.74) is 0.289. The van der Waals surface area contributed by atoms with Crippen LogP contribution >= 0.6 is 0 Å². The fourth-order valence-corrected chi connectivity index (χ4v) is 3.98. The van der Waals surface area contributed by atoms with Crippen LogP contribution in [0, 0.1) is 6.92 Å². The number of aryl methyl sites for hydroxylation is 1. The minimum atomic E-state index is -4.44. The Labute approximate surface area is 177 Å². The molecular formula is C19H24F3N7O2. The SMILES string of the molecule is COC(C)[C@H]1C(=O)Nc2c(C)nc(NC3CC(n4ccc(C(F)(F)F)n4)C3)nc2N1C. The van der Waals surface area contributed by atoms with E-state index in [9.17, 15) is 18.0 Å². The minimum Gasteiger partial charge on any atom is -0.379 e. The highest BCUT2D eigenvalue weighted by Crippen LogP contribution is 2.37. The van der Waals surface area contributed by atoms with Crippen LogP contribution in [0.2, 0.25) is 0 Å². The Hall–Kier alpha value is -2.89. The zero-order valence-electron chi connectivity index (χ0n) is 17.6. The summed E-state index contributed by atoms with van der Waals surface area (Å²) in [6, 6.07) is 0.355. The summed E-state index contributed by atoms with van der Waals surface area (Å²) >= 11 is 0. The number of alkyl halides is 3. The first kappa shape index (κ1) is 21.3. The second-order valence-corrected chi connectivity index (χ2v) is 7.96. The van der Waals surface area contributed by atoms with E-state index in [1.807, 2.05) is 6.92 Å². The maximum Gasteiger partial charge on any atom is 0.435 e. The molecule has 12 heteroatoms. The van der Waals surface area contributed by atoms with Crippen LogP contribution in [0.25, 0.3) is 0 Å². The van der Waals surface area contributed by atoms with Gasteiger partial charge in [-0.2, -0.15) is 23.3 Å². The average molecular weight is 439 g/mol. The fourth-order valence-electron chi connectivity index (χ4n) is 3.98. The lowest BCUT2D eigenvalue weighted by molar-refractivity contribution is -0.141. The summed E-state index contributed by atoms with van der Waals surface area (Å²) in [5, 5.41) is 9.74. The molecule has 1 aliphatic carbocycles. The number of rotatable bonds is 5. The number of nitrogens with zero attached hydrogens (tertiary/aromatic N) is 5. The molecule has 168 valence electrons. The Balaban J connectivity index is 1.45. The molecule has 4 rings (SSSR count). The van der Waals surface area contributed by atoms with Crippen LogP contribution in [-0.2, 0) is 15.7 Å². The van der Waals surface area contributed by atoms with Crippen LogP contribution in [0.5, 0.6) is 0 Å². The van der Waals surface area contributed by atoms with Gasteiger partial charge in [-0.05, 0) is 32.8 Å². The molecule has 1 unspecified atom stereocenters. The highest BCUT2D eigenvalue weighted by Gasteiger charge is 2.39. The van der Waals surface area contributed by atoms with Crippen molar-refractivity contribution in [2.24, 2.45) is 0 Å². The molecule has 0 saturated heterocycles. The number of nitrogens with one attached hydrogen (secondary N) is 2. The monoisotopic (exact) mass is 439 g/mol. The molecule has 2 aliphatic rings. The van der Waals surface area contributed by atoms with E-state index < -0.39 is 17.9 Å². The van der Waals surface area contributed by atoms with Crippen LogP contribution in [0.4, 0.5) is 30.6 Å². The molecule has 2 N–H and O–H groups in total. The van der Waals surface area contributed by atoms with E-state index >= 15 is 0 Å². The molecule has 2 atom stereocenters. The number of ether oxygens (including phenoxy) is 1. The molecule has 1 saturated carbocycles. The van der Waals surface area contributed by atoms with Gasteiger partial charge in [0, 0.05) is 26.4 Å². The lowest BCUT2D eigenvalue weighted by Gasteiger charge is -2.38. The third-order valence-corrected chi connectivity index (χ3v) is 5.87. The Morgan fingerprint density at radius 2 is 2.03 bits per heavy atom. The molecule has 3 heterocycles. The second-order valence-electron chi connectivity index (χ2n) is 7.96. The van der Waals surface area contributed by atoms with E-state index in [1.165, 1.54) is 10.9 Å². The predicted molar refractivity (Wildman–Crippen MR) is 107 cm³/mol. The summed E-state index contributed by atoms with van der Waals surface area (Å²) in [5.74, 6) is 0.806. The standard InChI is InChI=1S/C19H24F3N7O2/c1-9-14-16(28(3)15(10(2)31-4)17(30)25-14)26-18(23-9)24-11-7-12(8-11)29-6-5-13(27-29)19(20,21)22/h5-6,10-12,15H,7-8H2,1-4H3,(H,25,30)(H,23,24,26)/t10?,11?,12?,15-/m0/s1. The molecule has 2 aromatic rings. The van der Waals surface area contributed by atoms with Crippen molar-refractivity contribution in [3.8, 4) is 0 Å². The number of halogens is 3. The molecule has 1 amide bonds. The number of aromatic nitrogens is 4. The van der Waals surface area contributed by atoms with Crippen molar-refractivity contribution < 1.29 is 22.7 Å². The van der Waals surface area contributed by atoms with Crippen molar-refractivity contribution >= 4 is 23.4 Å². The van der Waals surface area contributed by atoms with Crippen molar-refractivity contribution in [2.75, 3.05) is 29.7 Å². The topological polar surface area (TPSA) is 97.2 Å². The van der Waals surface area contributed by atoms with Crippen LogP contribution in [0.3, 0.4) is 0 Å². The Morgan fingerprint density at radius 1 is 1.32 bits per heavy atom. The first-order valence-corrected chi connectivity index (χ1v) is 9.92. The number of amides is 1. The van der Waals surface area contributed by atoms with Gasteiger partial charge in [-0.3, -0.25) is 9.48 Å². The molecular weight excluding hydrogens is 415 g/mol. The third-order valence-electron chi connectivity index (χ3n) is 5.87. The fraction of sp³-hybridized carbons (Fsp3) is 0.579. The van der Waals surface area contributed by atoms with Crippen molar-refractivity contribution in [3.05, 3.63) is 23.7 Å². The first-order chi connectivity index (χ1) is 14.6. The maximum absolute atomic E-state index is 12.7. The number of carbonyl (C=O) groups excluding carboxylic acids is 1. The summed E-state index contributed by atoms with van der Waals surface area (Å²) in [6.45, 7) is 3.60. The zero-order valence-corrected chi connectivity index (χ0v) is 17.6. The van der Waals surface area contributed by atoms with Gasteiger partial charge in [0.1, 0.15) is 11.7 Å². The Morgan fingerprint density at radius 3 is 2.65 bits per heavy atom. The third kappa shape index (κ3) is 3.91. The van der Waals surface area contributed by atoms with Crippen LogP contribution in [0.15, 0.2) is 12.3 Å². The largest absolute Gasteiger partial charge is 0.435 e. The zero-order chi connectivity index (χ0) is 22.5. The van der Waals surface area contributed by atoms with E-state index in [0.29, 0.717) is 36.0 Å². The van der Waals surface area contributed by atoms with E-state index in [-0.39, 0.29) is 24.1 Å². The predicted octanol–water partition coefficient (Wildman–Crippen LogP) is 2.61. The number of carbonyl (C=O) groups is 1. The molecule has 2 aromatic heterocycles. The van der Waals surface area contributed by atoms with Gasteiger partial charge in [0.05, 0.1) is 17.8 Å². The molecule has 0 radical (unpaired) electrons. The van der Waals surface area contributed by atoms with Crippen LogP contribution in [0.1, 0.15) is 37.2 Å². The summed E-state index contributed by atoms with van der Waals surface area (Å²) in [4.78, 5) is 23.3. The van der Waals surface area contributed by atoms with E-state index in [2.05, 4.69) is 25.7 Å². The maximum atomic E-state index is 12.7. The number of hydrogen-bond acceptors (Lipinski definition) is 7. The Bertz CT molecular complexity index is 987. The van der Waals surface area contributed by atoms with Gasteiger partial charge < -0.3 is 20.3 Å². The molecule has 31 heavy (non-hydrogen) atoms. The number of anilines is 3. The van der Waals surface area contributed by atoms with Gasteiger partial charge in [-0.25, -0.2) is 4.98 Å². The molecule has 0 aromatic carbocycles. The van der Waals surface area contributed by atoms with Crippen LogP contribution in [-0.4, -0.2) is 58.0 Å². The normalized spacial score (nSPS) is 24.3. The quantitative estimate of drug-likeness (QED) is 0.739. The molecule has 0 spiro atoms. The van der Waals surface area contributed by atoms with Gasteiger partial charge in [0.25, 0.3) is 0 Å². The lowest BCUT2D eigenvalue weighted by Crippen LogP contribution is -2.53. The van der Waals surface area contributed by atoms with E-state index in [0.717, 1.165) is 6.07 Å². The Kier molecular flexibility index (Phi) is 5.28. The van der Waals surface area contributed by atoms with E-state index in [4.69, 9.17) is 4.74 Å². The molecule has 0 bridgehead atoms. The molecule has 1 fully saturated rings. The average Bonchev–Trinajstić information content (AvgIpc) is 3.15. The summed E-state index contributed by atoms with van der Waals surface area (Å²) < 4.78 is 44.9. The van der Waals surface area contributed by atoms with Crippen molar-refractivity contribution in [2.45, 2.75) is 57.1 Å². The minimum absolute atomic E-state index is 0.0122. The lowest BCUT2D eigenvalue weighted by atomic mass is 9.87. The first-order valence-electron chi connectivity index (χ1n) is 9.92. The van der Waals surface area contributed by atoms with Crippen molar-refractivity contribution in [1.82, 2.24) is 19.7 Å². The number of methoxy groups -OCH3 is 1. The summed E-state index contributed by atoms with van der Waals surface area (Å²) in [7, 11) is 3.33. The van der Waals surface area contributed by atoms with Gasteiger partial charge in [0.15, 0.2) is 11.5 Å². The number of fused-ring (bicyclic) bond motifs is 1. The second kappa shape index (κ2) is 7.66. The molecule has 1 aliphatic heterocycles. The van der Waals surface area contributed by atoms with Crippen molar-refractivity contribution in [1.29, 1.82) is 0 Å². The van der Waals surface area contributed by atoms with Gasteiger partial charge in [-0.15, -0.1) is 0 Å². The van der Waals surface area contributed by atoms with Gasteiger partial charge >= 0.3 is 6.18 Å². The van der Waals surface area contributed by atoms with Crippen molar-refractivity contribution in [3.63, 3.8) is 0 Å². The van der Waals surface area contributed by atoms with Gasteiger partial charge in [0.2, 0.25) is 11.9 Å². The van der Waals surface area contributed by atoms with Crippen LogP contribution < -0.4 is 15.5 Å². The van der Waals surface area contributed by atoms with Gasteiger partial charge in [-0.1, -0.05) is 0 Å². The smallest absolute Gasteiger partial charge is 0.379 e. The highest BCUT2D eigenvalue weighted by atomic mass is 19.4. The van der Waals surface area contributed by atoms with E-state index in [1.54, 1.807) is 26.0 Å². The highest BCUT2D eigenvalue weighted by molar-refractivity contribution is 6.03. The molecule has 9 nitrogen and oxygen atoms in total. The summed E-state index contributed by atoms with van der Waals surface area (Å²) in [6.07, 6.45) is -2.21. The number of hydrogen-bond donors (Lipinski definition) is 2.